The van der Waals surface area contributed by atoms with Gasteiger partial charge in [-0.05, 0) is 43.9 Å². The van der Waals surface area contributed by atoms with Gasteiger partial charge in [0.15, 0.2) is 9.84 Å². The number of sulfone groups is 1. The summed E-state index contributed by atoms with van der Waals surface area (Å²) < 4.78 is 52.4. The molecule has 2 unspecified atom stereocenters. The van der Waals surface area contributed by atoms with Gasteiger partial charge in [-0.3, -0.25) is 0 Å². The number of rotatable bonds is 3. The van der Waals surface area contributed by atoms with Gasteiger partial charge in [0.05, 0.1) is 5.25 Å². The molecule has 1 aromatic carbocycles. The molecule has 1 N–H and O–H groups in total. The molecule has 1 fully saturated rings. The van der Waals surface area contributed by atoms with Crippen LogP contribution in [0.4, 0.5) is 8.78 Å². The van der Waals surface area contributed by atoms with Crippen LogP contribution < -0.4 is 5.32 Å². The molecule has 0 aromatic heterocycles. The summed E-state index contributed by atoms with van der Waals surface area (Å²) in [6, 6.07) is 2.41. The predicted molar refractivity (Wildman–Crippen MR) is 77.8 cm³/mol. The van der Waals surface area contributed by atoms with Gasteiger partial charge in [-0.1, -0.05) is 13.8 Å². The lowest BCUT2D eigenvalue weighted by molar-refractivity contribution is 0.213. The van der Waals surface area contributed by atoms with Gasteiger partial charge in [-0.25, -0.2) is 17.2 Å². The summed E-state index contributed by atoms with van der Waals surface area (Å²) >= 11 is 0. The maximum absolute atomic E-state index is 13.9. The Morgan fingerprint density at radius 3 is 2.52 bits per heavy atom. The van der Waals surface area contributed by atoms with E-state index >= 15 is 0 Å². The minimum absolute atomic E-state index is 0.110. The van der Waals surface area contributed by atoms with Crippen molar-refractivity contribution in [2.75, 3.05) is 7.05 Å². The lowest BCUT2D eigenvalue weighted by atomic mass is 9.75. The lowest BCUT2D eigenvalue weighted by Crippen LogP contribution is -2.48. The van der Waals surface area contributed by atoms with Gasteiger partial charge in [0.25, 0.3) is 0 Å². The average molecular weight is 317 g/mol. The molecule has 0 saturated heterocycles. The number of benzene rings is 1. The van der Waals surface area contributed by atoms with Crippen LogP contribution >= 0.6 is 0 Å². The van der Waals surface area contributed by atoms with E-state index in [1.54, 1.807) is 7.05 Å². The van der Waals surface area contributed by atoms with E-state index in [-0.39, 0.29) is 11.5 Å². The Hall–Kier alpha value is -1.01. The third-order valence-corrected chi connectivity index (χ3v) is 6.54. The van der Waals surface area contributed by atoms with E-state index in [0.717, 1.165) is 25.0 Å². The first-order valence-electron chi connectivity index (χ1n) is 7.03. The van der Waals surface area contributed by atoms with Crippen LogP contribution in [0.1, 0.15) is 33.1 Å². The van der Waals surface area contributed by atoms with E-state index in [1.807, 2.05) is 13.8 Å². The van der Waals surface area contributed by atoms with Crippen LogP contribution in [-0.4, -0.2) is 26.8 Å². The highest BCUT2D eigenvalue weighted by Crippen LogP contribution is 2.40. The number of hydrogen-bond acceptors (Lipinski definition) is 3. The van der Waals surface area contributed by atoms with Gasteiger partial charge < -0.3 is 5.32 Å². The van der Waals surface area contributed by atoms with Crippen LogP contribution in [0.3, 0.4) is 0 Å². The van der Waals surface area contributed by atoms with Crippen LogP contribution in [0.15, 0.2) is 23.1 Å². The highest BCUT2D eigenvalue weighted by Gasteiger charge is 2.43. The van der Waals surface area contributed by atoms with Gasteiger partial charge in [0, 0.05) is 12.1 Å². The van der Waals surface area contributed by atoms with Gasteiger partial charge >= 0.3 is 0 Å². The fraction of sp³-hybridized carbons (Fsp3) is 0.600. The molecule has 6 heteroatoms. The molecule has 0 bridgehead atoms. The van der Waals surface area contributed by atoms with E-state index in [1.165, 1.54) is 0 Å². The third kappa shape index (κ3) is 3.26. The van der Waals surface area contributed by atoms with E-state index in [9.17, 15) is 17.2 Å². The Kier molecular flexibility index (Phi) is 4.40. The van der Waals surface area contributed by atoms with Crippen LogP contribution in [0, 0.1) is 17.0 Å². The van der Waals surface area contributed by atoms with Gasteiger partial charge in [-0.15, -0.1) is 0 Å². The minimum atomic E-state index is -3.85. The smallest absolute Gasteiger partial charge is 0.185 e. The lowest BCUT2D eigenvalue weighted by Gasteiger charge is -2.40. The summed E-state index contributed by atoms with van der Waals surface area (Å²) in [5, 5.41) is 2.32. The summed E-state index contributed by atoms with van der Waals surface area (Å²) in [5.74, 6) is -1.80. The Morgan fingerprint density at radius 1 is 1.29 bits per heavy atom. The number of halogens is 2. The molecule has 2 atom stereocenters. The molecule has 2 rings (SSSR count). The Balaban J connectivity index is 2.45. The van der Waals surface area contributed by atoms with Crippen LogP contribution in [0.25, 0.3) is 0 Å². The topological polar surface area (TPSA) is 46.2 Å². The van der Waals surface area contributed by atoms with E-state index in [4.69, 9.17) is 0 Å². The maximum Gasteiger partial charge on any atom is 0.185 e. The summed E-state index contributed by atoms with van der Waals surface area (Å²) in [5.41, 5.74) is -0.110. The minimum Gasteiger partial charge on any atom is -0.316 e. The molecular weight excluding hydrogens is 296 g/mol. The monoisotopic (exact) mass is 317 g/mol. The molecule has 1 aromatic rings. The molecule has 21 heavy (non-hydrogen) atoms. The van der Waals surface area contributed by atoms with Crippen LogP contribution in [0.5, 0.6) is 0 Å². The molecule has 3 nitrogen and oxygen atoms in total. The second-order valence-corrected chi connectivity index (χ2v) is 8.60. The van der Waals surface area contributed by atoms with Crippen molar-refractivity contribution in [2.24, 2.45) is 5.41 Å². The zero-order valence-electron chi connectivity index (χ0n) is 12.5. The standard InChI is InChI=1S/C15H21F2NO2S/c1-15(2)7-6-12(18-3)14(9-15)21(19,20)13-5-4-10(16)8-11(13)17/h4-5,8,12,14,18H,6-7,9H2,1-3H3. The van der Waals surface area contributed by atoms with Crippen molar-refractivity contribution < 1.29 is 17.2 Å². The van der Waals surface area contributed by atoms with E-state index in [2.05, 4.69) is 5.32 Å². The Bertz CT molecular complexity index is 629. The first-order chi connectivity index (χ1) is 9.67. The van der Waals surface area contributed by atoms with Crippen molar-refractivity contribution in [1.29, 1.82) is 0 Å². The van der Waals surface area contributed by atoms with Crippen molar-refractivity contribution in [1.82, 2.24) is 5.32 Å². The molecule has 118 valence electrons. The van der Waals surface area contributed by atoms with Crippen LogP contribution in [-0.2, 0) is 9.84 Å². The highest BCUT2D eigenvalue weighted by atomic mass is 32.2. The summed E-state index contributed by atoms with van der Waals surface area (Å²) in [6.45, 7) is 4.03. The fourth-order valence-electron chi connectivity index (χ4n) is 3.05. The summed E-state index contributed by atoms with van der Waals surface area (Å²) in [6.07, 6.45) is 2.09. The van der Waals surface area contributed by atoms with E-state index < -0.39 is 31.6 Å². The largest absolute Gasteiger partial charge is 0.316 e. The second kappa shape index (κ2) is 5.65. The van der Waals surface area contributed by atoms with Crippen molar-refractivity contribution in [3.8, 4) is 0 Å². The average Bonchev–Trinajstić information content (AvgIpc) is 2.37. The van der Waals surface area contributed by atoms with Gasteiger partial charge in [0.1, 0.15) is 16.5 Å². The van der Waals surface area contributed by atoms with Crippen molar-refractivity contribution in [3.63, 3.8) is 0 Å². The van der Waals surface area contributed by atoms with Crippen molar-refractivity contribution in [3.05, 3.63) is 29.8 Å². The molecule has 0 amide bonds. The normalized spacial score (nSPS) is 25.8. The Morgan fingerprint density at radius 2 is 1.95 bits per heavy atom. The van der Waals surface area contributed by atoms with Crippen LogP contribution in [0.2, 0.25) is 0 Å². The first kappa shape index (κ1) is 16.4. The zero-order valence-corrected chi connectivity index (χ0v) is 13.3. The third-order valence-electron chi connectivity index (χ3n) is 4.30. The molecule has 1 saturated carbocycles. The Labute approximate surface area is 124 Å². The van der Waals surface area contributed by atoms with E-state index in [0.29, 0.717) is 12.5 Å². The number of hydrogen-bond donors (Lipinski definition) is 1. The quantitative estimate of drug-likeness (QED) is 0.872. The zero-order chi connectivity index (χ0) is 15.8. The molecule has 0 heterocycles. The summed E-state index contributed by atoms with van der Waals surface area (Å²) in [7, 11) is -2.13. The molecule has 1 aliphatic carbocycles. The predicted octanol–water partition coefficient (Wildman–Crippen LogP) is 2.91. The van der Waals surface area contributed by atoms with Crippen molar-refractivity contribution >= 4 is 9.84 Å². The molecule has 1 aliphatic rings. The molecule has 0 spiro atoms. The summed E-state index contributed by atoms with van der Waals surface area (Å²) in [4.78, 5) is -0.410. The molecular formula is C15H21F2NO2S. The first-order valence-corrected chi connectivity index (χ1v) is 8.58. The SMILES string of the molecule is CNC1CCC(C)(C)CC1S(=O)(=O)c1ccc(F)cc1F. The highest BCUT2D eigenvalue weighted by molar-refractivity contribution is 7.92. The number of nitrogens with one attached hydrogen (secondary N) is 1. The molecule has 0 aliphatic heterocycles. The van der Waals surface area contributed by atoms with Gasteiger partial charge in [-0.2, -0.15) is 0 Å². The molecule has 0 radical (unpaired) electrons. The fourth-order valence-corrected chi connectivity index (χ4v) is 5.34. The maximum atomic E-state index is 13.9. The van der Waals surface area contributed by atoms with Crippen molar-refractivity contribution in [2.45, 2.75) is 49.3 Å². The van der Waals surface area contributed by atoms with Gasteiger partial charge in [0.2, 0.25) is 0 Å². The second-order valence-electron chi connectivity index (χ2n) is 6.46.